The summed E-state index contributed by atoms with van der Waals surface area (Å²) in [4.78, 5) is 18.2. The smallest absolute Gasteiger partial charge is 0.217 e. The zero-order valence-electron chi connectivity index (χ0n) is 26.0. The van der Waals surface area contributed by atoms with Crippen LogP contribution in [-0.2, 0) is 5.60 Å². The second-order valence-corrected chi connectivity index (χ2v) is 12.9. The predicted molar refractivity (Wildman–Crippen MR) is 177 cm³/mol. The van der Waals surface area contributed by atoms with Gasteiger partial charge in [0, 0.05) is 54.1 Å². The SMILES string of the molecule is CCSc1cc(C(c2cc3cc(Br)ccc3nc2OC)C(O)(CCN(C)C)c2cc(OC)nc(OC)c2)cc(N(C)C)n1. The van der Waals surface area contributed by atoms with Crippen molar-refractivity contribution in [2.75, 3.05) is 66.7 Å². The summed E-state index contributed by atoms with van der Waals surface area (Å²) in [5, 5.41) is 15.0. The van der Waals surface area contributed by atoms with Crippen molar-refractivity contribution in [3.63, 3.8) is 0 Å². The zero-order chi connectivity index (χ0) is 31.3. The molecule has 3 heterocycles. The number of halogens is 1. The molecule has 0 aliphatic rings. The molecule has 9 nitrogen and oxygen atoms in total. The van der Waals surface area contributed by atoms with Crippen molar-refractivity contribution >= 4 is 44.4 Å². The lowest BCUT2D eigenvalue weighted by molar-refractivity contribution is 0.00325. The molecule has 0 fully saturated rings. The van der Waals surface area contributed by atoms with Gasteiger partial charge in [0.1, 0.15) is 11.4 Å². The summed E-state index contributed by atoms with van der Waals surface area (Å²) >= 11 is 5.26. The van der Waals surface area contributed by atoms with E-state index in [1.54, 1.807) is 45.2 Å². The quantitative estimate of drug-likeness (QED) is 0.172. The summed E-state index contributed by atoms with van der Waals surface area (Å²) in [6.07, 6.45) is 0.372. The maximum absolute atomic E-state index is 13.2. The van der Waals surface area contributed by atoms with Crippen LogP contribution in [-0.4, -0.2) is 86.8 Å². The van der Waals surface area contributed by atoms with Gasteiger partial charge in [-0.15, -0.1) is 11.8 Å². The Labute approximate surface area is 266 Å². The Hall–Kier alpha value is -3.12. The van der Waals surface area contributed by atoms with Gasteiger partial charge in [-0.25, -0.2) is 9.97 Å². The molecule has 1 N–H and O–H groups in total. The molecule has 43 heavy (non-hydrogen) atoms. The lowest BCUT2D eigenvalue weighted by atomic mass is 9.72. The number of anilines is 1. The van der Waals surface area contributed by atoms with Crippen LogP contribution in [0.1, 0.15) is 36.0 Å². The highest BCUT2D eigenvalue weighted by Crippen LogP contribution is 2.49. The third-order valence-electron chi connectivity index (χ3n) is 7.28. The number of ether oxygens (including phenoxy) is 3. The Morgan fingerprint density at radius 1 is 0.907 bits per heavy atom. The number of hydrogen-bond acceptors (Lipinski definition) is 10. The topological polar surface area (TPSA) is 93.1 Å². The van der Waals surface area contributed by atoms with Crippen LogP contribution in [0.15, 0.2) is 58.0 Å². The van der Waals surface area contributed by atoms with Crippen molar-refractivity contribution in [2.24, 2.45) is 0 Å². The summed E-state index contributed by atoms with van der Waals surface area (Å²) in [7, 11) is 12.6. The van der Waals surface area contributed by atoms with E-state index in [2.05, 4.69) is 44.9 Å². The highest BCUT2D eigenvalue weighted by atomic mass is 79.9. The molecule has 11 heteroatoms. The number of benzene rings is 1. The van der Waals surface area contributed by atoms with Gasteiger partial charge in [-0.1, -0.05) is 22.9 Å². The van der Waals surface area contributed by atoms with Crippen molar-refractivity contribution in [1.82, 2.24) is 19.9 Å². The predicted octanol–water partition coefficient (Wildman–Crippen LogP) is 5.96. The Morgan fingerprint density at radius 2 is 1.60 bits per heavy atom. The highest BCUT2D eigenvalue weighted by molar-refractivity contribution is 9.10. The van der Waals surface area contributed by atoms with Crippen molar-refractivity contribution < 1.29 is 19.3 Å². The second kappa shape index (κ2) is 14.1. The van der Waals surface area contributed by atoms with Crippen molar-refractivity contribution in [3.05, 3.63) is 69.7 Å². The largest absolute Gasteiger partial charge is 0.481 e. The lowest BCUT2D eigenvalue weighted by Gasteiger charge is -2.39. The van der Waals surface area contributed by atoms with Crippen LogP contribution < -0.4 is 19.1 Å². The summed E-state index contributed by atoms with van der Waals surface area (Å²) < 4.78 is 18.0. The maximum Gasteiger partial charge on any atom is 0.217 e. The van der Waals surface area contributed by atoms with Crippen molar-refractivity contribution in [2.45, 2.75) is 29.9 Å². The normalized spacial score (nSPS) is 13.6. The van der Waals surface area contributed by atoms with E-state index in [0.717, 1.165) is 43.1 Å². The first-order chi connectivity index (χ1) is 20.5. The first kappa shape index (κ1) is 32.8. The zero-order valence-corrected chi connectivity index (χ0v) is 28.4. The molecule has 0 saturated carbocycles. The van der Waals surface area contributed by atoms with Gasteiger partial charge in [-0.05, 0) is 73.8 Å². The van der Waals surface area contributed by atoms with E-state index in [1.165, 1.54) is 0 Å². The number of nitrogens with zero attached hydrogens (tertiary/aromatic N) is 5. The third-order valence-corrected chi connectivity index (χ3v) is 8.57. The van der Waals surface area contributed by atoms with Gasteiger partial charge in [0.05, 0.1) is 31.9 Å². The summed E-state index contributed by atoms with van der Waals surface area (Å²) in [6.45, 7) is 2.69. The Morgan fingerprint density at radius 3 is 2.19 bits per heavy atom. The number of methoxy groups -OCH3 is 3. The second-order valence-electron chi connectivity index (χ2n) is 10.7. The highest BCUT2D eigenvalue weighted by Gasteiger charge is 2.43. The van der Waals surface area contributed by atoms with E-state index < -0.39 is 11.5 Å². The van der Waals surface area contributed by atoms with E-state index in [9.17, 15) is 5.11 Å². The monoisotopic (exact) mass is 669 g/mol. The van der Waals surface area contributed by atoms with E-state index in [4.69, 9.17) is 24.2 Å². The molecule has 0 amide bonds. The molecule has 1 aromatic carbocycles. The number of aliphatic hydroxyl groups is 1. The minimum Gasteiger partial charge on any atom is -0.481 e. The minimum atomic E-state index is -1.48. The van der Waals surface area contributed by atoms with Crippen LogP contribution in [0.3, 0.4) is 0 Å². The fourth-order valence-corrected chi connectivity index (χ4v) is 6.20. The third kappa shape index (κ3) is 7.34. The summed E-state index contributed by atoms with van der Waals surface area (Å²) in [6, 6.07) is 15.6. The molecule has 0 saturated heterocycles. The molecule has 4 rings (SSSR count). The van der Waals surface area contributed by atoms with Crippen molar-refractivity contribution in [3.8, 4) is 17.6 Å². The number of aromatic nitrogens is 3. The van der Waals surface area contributed by atoms with Gasteiger partial charge in [-0.3, -0.25) is 0 Å². The molecular weight excluding hydrogens is 630 g/mol. The van der Waals surface area contributed by atoms with Crippen LogP contribution in [0, 0.1) is 0 Å². The van der Waals surface area contributed by atoms with Gasteiger partial charge < -0.3 is 29.1 Å². The Bertz CT molecular complexity index is 1550. The van der Waals surface area contributed by atoms with Crippen LogP contribution in [0.2, 0.25) is 0 Å². The number of thioether (sulfide) groups is 1. The molecule has 3 aromatic heterocycles. The van der Waals surface area contributed by atoms with Gasteiger partial charge in [0.15, 0.2) is 0 Å². The first-order valence-corrected chi connectivity index (χ1v) is 15.7. The number of pyridine rings is 3. The minimum absolute atomic E-state index is 0.342. The number of rotatable bonds is 13. The average molecular weight is 671 g/mol. The molecule has 0 aliphatic carbocycles. The lowest BCUT2D eigenvalue weighted by Crippen LogP contribution is -2.38. The van der Waals surface area contributed by atoms with Gasteiger partial charge in [0.25, 0.3) is 0 Å². The standard InChI is InChI=1S/C32H40BrN5O4S/c1-9-43-29-17-21(16-26(35-29)38(4)5)30(24-15-20-14-23(33)10-11-25(20)34-31(24)42-8)32(39,12-13-37(2)3)22-18-27(40-6)36-28(19-22)41-7/h10-11,14-19,30,39H,9,12-13H2,1-8H3. The molecular formula is C32H40BrN5O4S. The molecule has 0 bridgehead atoms. The van der Waals surface area contributed by atoms with Crippen LogP contribution in [0.4, 0.5) is 5.82 Å². The van der Waals surface area contributed by atoms with Crippen LogP contribution in [0.25, 0.3) is 10.9 Å². The molecule has 2 atom stereocenters. The molecule has 0 radical (unpaired) electrons. The molecule has 0 spiro atoms. The van der Waals surface area contributed by atoms with Gasteiger partial charge >= 0.3 is 0 Å². The Kier molecular flexibility index (Phi) is 10.8. The number of hydrogen-bond donors (Lipinski definition) is 1. The molecule has 0 aliphatic heterocycles. The fourth-order valence-electron chi connectivity index (χ4n) is 5.15. The van der Waals surface area contributed by atoms with Gasteiger partial charge in [-0.2, -0.15) is 4.98 Å². The summed E-state index contributed by atoms with van der Waals surface area (Å²) in [5.41, 5.74) is 1.53. The fraction of sp³-hybridized carbons (Fsp3) is 0.406. The average Bonchev–Trinajstić information content (AvgIpc) is 2.99. The first-order valence-electron chi connectivity index (χ1n) is 14.0. The molecule has 2 unspecified atom stereocenters. The van der Waals surface area contributed by atoms with E-state index in [-0.39, 0.29) is 0 Å². The van der Waals surface area contributed by atoms with E-state index in [0.29, 0.717) is 36.2 Å². The molecule has 230 valence electrons. The maximum atomic E-state index is 13.2. The number of fused-ring (bicyclic) bond motifs is 1. The van der Waals surface area contributed by atoms with Crippen molar-refractivity contribution in [1.29, 1.82) is 0 Å². The van der Waals surface area contributed by atoms with E-state index in [1.807, 2.05) is 57.4 Å². The molecule has 4 aromatic rings. The van der Waals surface area contributed by atoms with E-state index >= 15 is 0 Å². The van der Waals surface area contributed by atoms with Crippen LogP contribution in [0.5, 0.6) is 17.6 Å². The summed E-state index contributed by atoms with van der Waals surface area (Å²) in [5.74, 6) is 2.13. The van der Waals surface area contributed by atoms with Crippen LogP contribution >= 0.6 is 27.7 Å². The van der Waals surface area contributed by atoms with Gasteiger partial charge in [0.2, 0.25) is 17.6 Å². The Balaban J connectivity index is 2.14.